The van der Waals surface area contributed by atoms with E-state index in [1.165, 1.54) is 11.6 Å². The van der Waals surface area contributed by atoms with Crippen LogP contribution in [-0.4, -0.2) is 81.4 Å². The van der Waals surface area contributed by atoms with Crippen LogP contribution in [0.4, 0.5) is 0 Å². The van der Waals surface area contributed by atoms with Crippen LogP contribution in [0.1, 0.15) is 163 Å². The summed E-state index contributed by atoms with van der Waals surface area (Å²) in [6.07, 6.45) is 4.69. The van der Waals surface area contributed by atoms with Crippen LogP contribution in [-0.2, 0) is 28.7 Å². The molecule has 0 radical (unpaired) electrons. The van der Waals surface area contributed by atoms with Gasteiger partial charge in [0.15, 0.2) is 6.10 Å². The van der Waals surface area contributed by atoms with Gasteiger partial charge >= 0.3 is 11.9 Å². The second kappa shape index (κ2) is 38.6. The molecule has 13 nitrogen and oxygen atoms in total. The summed E-state index contributed by atoms with van der Waals surface area (Å²) < 4.78 is 15.0. The van der Waals surface area contributed by atoms with E-state index in [4.69, 9.17) is 26.2 Å². The Morgan fingerprint density at radius 1 is 0.671 bits per heavy atom. The molecule has 0 amide bonds. The Morgan fingerprint density at radius 3 is 1.37 bits per heavy atom. The van der Waals surface area contributed by atoms with Crippen molar-refractivity contribution in [3.8, 4) is 0 Å². The monoisotopic (exact) mass is 1150 g/mol. The number of carbonyl (C=O) groups excluding carboxylic acids is 2. The lowest BCUT2D eigenvalue weighted by molar-refractivity contribution is -0.284. The molecule has 0 aliphatic heterocycles. The molecule has 4 rings (SSSR count). The number of esters is 2. The summed E-state index contributed by atoms with van der Waals surface area (Å²) in [4.78, 5) is 48.0. The quantitative estimate of drug-likeness (QED) is 0.0110. The number of ether oxygens (including phenoxy) is 2. The molecule has 73 heavy (non-hydrogen) atoms. The number of halogens is 1. The summed E-state index contributed by atoms with van der Waals surface area (Å²) in [6, 6.07) is 40.7. The van der Waals surface area contributed by atoms with Crippen molar-refractivity contribution in [3.05, 3.63) is 161 Å². The zero-order chi connectivity index (χ0) is 56.1. The average Bonchev–Trinajstić information content (AvgIpc) is 3.42. The molecule has 0 fully saturated rings. The van der Waals surface area contributed by atoms with E-state index in [0.29, 0.717) is 25.6 Å². The molecule has 0 heterocycles. The molecular weight excluding hydrogens is 1060 g/mol. The SMILES string of the molecule is C=CC(=O)OCCCC.CC(ON(C(c1ccccc1)C(C)C)C(C)(C)CO)c1ccccc1.CCCCOC(=O)C(CC(C)c1ccccc1)ON(C(c1ccccc1)C(C)C)C(C)(C)CO.O=NPI.[3H]O. The van der Waals surface area contributed by atoms with Crippen molar-refractivity contribution in [2.75, 3.05) is 26.4 Å². The zero-order valence-electron chi connectivity index (χ0n) is 46.7. The van der Waals surface area contributed by atoms with Crippen molar-refractivity contribution in [2.24, 2.45) is 16.8 Å². The Kier molecular flexibility index (Phi) is 35.4. The number of benzene rings is 4. The van der Waals surface area contributed by atoms with Crippen molar-refractivity contribution < 1.29 is 45.9 Å². The largest absolute Gasteiger partial charge is 0.464 e. The maximum atomic E-state index is 13.2. The highest BCUT2D eigenvalue weighted by Crippen LogP contribution is 2.38. The topological polar surface area (TPSA) is 179 Å². The number of aliphatic hydroxyl groups excluding tert-OH is 2. The Labute approximate surface area is 454 Å². The smallest absolute Gasteiger partial charge is 0.337 e. The lowest BCUT2D eigenvalue weighted by Crippen LogP contribution is -2.52. The summed E-state index contributed by atoms with van der Waals surface area (Å²) in [5.74, 6) is -0.0834. The fourth-order valence-corrected chi connectivity index (χ4v) is 7.49. The number of hydrogen-bond acceptors (Lipinski definition) is 12. The van der Waals surface area contributed by atoms with Gasteiger partial charge in [0, 0.05) is 6.08 Å². The van der Waals surface area contributed by atoms with Crippen molar-refractivity contribution >= 4 is 40.4 Å². The van der Waals surface area contributed by atoms with Gasteiger partial charge in [-0.05, 0) is 121 Å². The van der Waals surface area contributed by atoms with Crippen LogP contribution in [0, 0.1) is 16.7 Å². The van der Waals surface area contributed by atoms with Gasteiger partial charge in [-0.3, -0.25) is 9.68 Å². The standard InChI is InChI=1S/C29H43NO4.C22H31NO2.C7H12O2.HINOP.H2O/c1-7-8-19-33-28(32)26(20-23(4)24-15-11-9-12-16-24)34-30(29(5,6)21-31)27(22(2)3)25-17-13-10-14-18-25;1-17(2)21(20-14-10-7-11-15-20)23(22(4,5)16-24)25-18(3)19-12-8-6-9-13-19;1-3-5-6-9-7(8)4-2;1-4-2-3;/h9-18,22-23,26-27,31H,7-8,19-21H2,1-6H3;6-15,17-18,21,24H,16H2,1-5H3;4H,2-3,5-6H2,1H3;4H;1H2/i/hT. The van der Waals surface area contributed by atoms with Gasteiger partial charge in [-0.15, -0.1) is 4.91 Å². The van der Waals surface area contributed by atoms with E-state index in [9.17, 15) is 19.8 Å². The van der Waals surface area contributed by atoms with E-state index >= 15 is 0 Å². The fraction of sp³-hybridized carbons (Fsp3) is 0.517. The molecule has 4 aromatic rings. The molecule has 0 aliphatic carbocycles. The first-order valence-corrected chi connectivity index (χ1v) is 29.3. The maximum absolute atomic E-state index is 13.2. The van der Waals surface area contributed by atoms with Gasteiger partial charge in [0.2, 0.25) is 1.43 Å². The predicted octanol–water partition coefficient (Wildman–Crippen LogP) is 13.8. The number of rotatable bonds is 27. The lowest BCUT2D eigenvalue weighted by atomic mass is 9.91. The van der Waals surface area contributed by atoms with Crippen LogP contribution in [0.5, 0.6) is 0 Å². The maximum Gasteiger partial charge on any atom is 0.337 e. The molecule has 0 bridgehead atoms. The molecule has 0 aliphatic rings. The van der Waals surface area contributed by atoms with Crippen LogP contribution in [0.3, 0.4) is 0 Å². The van der Waals surface area contributed by atoms with Gasteiger partial charge in [-0.1, -0.05) is 189 Å². The third-order valence-corrected chi connectivity index (χ3v) is 12.3. The molecule has 0 saturated carbocycles. The molecule has 15 heteroatoms. The average molecular weight is 1150 g/mol. The molecular formula is C58H89IN3O10P. The minimum atomic E-state index is -0.789. The van der Waals surface area contributed by atoms with Gasteiger partial charge in [0.25, 0.3) is 0 Å². The van der Waals surface area contributed by atoms with Gasteiger partial charge in [-0.2, -0.15) is 10.1 Å². The van der Waals surface area contributed by atoms with Crippen molar-refractivity contribution in [3.63, 3.8) is 0 Å². The lowest BCUT2D eigenvalue weighted by Gasteiger charge is -2.44. The van der Waals surface area contributed by atoms with E-state index in [-0.39, 0.29) is 61.5 Å². The second-order valence-corrected chi connectivity index (χ2v) is 21.3. The third kappa shape index (κ3) is 25.9. The Morgan fingerprint density at radius 2 is 1.03 bits per heavy atom. The van der Waals surface area contributed by atoms with Gasteiger partial charge in [0.05, 0.1) is 49.6 Å². The highest BCUT2D eigenvalue weighted by atomic mass is 127. The molecule has 408 valence electrons. The Hall–Kier alpha value is -3.96. The number of nitrogens with zero attached hydrogens (tertiary/aromatic N) is 3. The highest BCUT2D eigenvalue weighted by Gasteiger charge is 2.40. The van der Waals surface area contributed by atoms with E-state index in [1.54, 1.807) is 0 Å². The first-order valence-electron chi connectivity index (χ1n) is 25.7. The summed E-state index contributed by atoms with van der Waals surface area (Å²) >= 11 is 1.90. The van der Waals surface area contributed by atoms with Crippen LogP contribution >= 0.6 is 28.4 Å². The minimum Gasteiger partial charge on any atom is -0.464 e. The first-order chi connectivity index (χ1) is 35.3. The highest BCUT2D eigenvalue weighted by molar-refractivity contribution is 14.2. The first kappa shape index (κ1) is 67.1. The van der Waals surface area contributed by atoms with Crippen LogP contribution in [0.15, 0.2) is 139 Å². The second-order valence-electron chi connectivity index (χ2n) is 19.5. The zero-order valence-corrected chi connectivity index (χ0v) is 48.8. The van der Waals surface area contributed by atoms with E-state index in [0.717, 1.165) is 42.4 Å². The molecule has 6 unspecified atom stereocenters. The molecule has 0 saturated heterocycles. The fourth-order valence-electron chi connectivity index (χ4n) is 7.49. The molecule has 6 atom stereocenters. The Bertz CT molecular complexity index is 2040. The number of hydroxylamine groups is 4. The van der Waals surface area contributed by atoms with Crippen LogP contribution in [0.25, 0.3) is 0 Å². The predicted molar refractivity (Wildman–Crippen MR) is 308 cm³/mol. The number of aliphatic hydroxyl groups is 2. The van der Waals surface area contributed by atoms with Crippen LogP contribution in [0.2, 0.25) is 0 Å². The number of nitroso groups, excluding NO2 is 1. The van der Waals surface area contributed by atoms with Crippen LogP contribution < -0.4 is 0 Å². The van der Waals surface area contributed by atoms with E-state index < -0.39 is 17.2 Å². The van der Waals surface area contributed by atoms with E-state index in [1.807, 2.05) is 127 Å². The van der Waals surface area contributed by atoms with Gasteiger partial charge in [-0.25, -0.2) is 9.59 Å². The number of hydrogen-bond donors (Lipinski definition) is 2. The summed E-state index contributed by atoms with van der Waals surface area (Å²) in [5, 5.41) is 24.1. The van der Waals surface area contributed by atoms with Gasteiger partial charge < -0.3 is 25.2 Å². The summed E-state index contributed by atoms with van der Waals surface area (Å²) in [5.41, 5.74) is 9.56. The molecule has 4 N–H and O–H groups in total. The summed E-state index contributed by atoms with van der Waals surface area (Å²) in [6.45, 7) is 28.9. The molecule has 0 aromatic heterocycles. The van der Waals surface area contributed by atoms with Crippen molar-refractivity contribution in [1.82, 2.24) is 10.1 Å². The minimum absolute atomic E-state index is 0.0184. The van der Waals surface area contributed by atoms with Crippen molar-refractivity contribution in [1.29, 1.82) is 0 Å². The Balaban J connectivity index is 0.00000116. The molecule has 4 aromatic carbocycles. The molecule has 0 spiro atoms. The number of unbranched alkanes of at least 4 members (excludes halogenated alkanes) is 2. The van der Waals surface area contributed by atoms with Crippen molar-refractivity contribution in [2.45, 2.75) is 156 Å². The summed E-state index contributed by atoms with van der Waals surface area (Å²) in [7, 11) is 0. The van der Waals surface area contributed by atoms with Gasteiger partial charge in [0.1, 0.15) is 12.5 Å². The third-order valence-electron chi connectivity index (χ3n) is 11.7. The number of carbonyl (C=O) groups is 2. The van der Waals surface area contributed by atoms with E-state index in [2.05, 4.69) is 125 Å². The normalized spacial score (nSPS) is 13.6.